The molecule has 0 spiro atoms. The van der Waals surface area contributed by atoms with E-state index >= 15 is 0 Å². The van der Waals surface area contributed by atoms with Crippen molar-refractivity contribution in [3.8, 4) is 0 Å². The summed E-state index contributed by atoms with van der Waals surface area (Å²) in [7, 11) is -3.58. The fraction of sp³-hybridized carbons (Fsp3) is 0.471. The third-order valence-corrected chi connectivity index (χ3v) is 6.20. The predicted molar refractivity (Wildman–Crippen MR) is 96.3 cm³/mol. The Bertz CT molecular complexity index is 788. The molecule has 27 heavy (non-hydrogen) atoms. The van der Waals surface area contributed by atoms with Crippen LogP contribution in [0.1, 0.15) is 19.8 Å². The van der Waals surface area contributed by atoms with Gasteiger partial charge >= 0.3 is 5.97 Å². The molecule has 0 aliphatic carbocycles. The molecule has 1 saturated heterocycles. The molecule has 1 aliphatic rings. The molecule has 1 aliphatic heterocycles. The molecule has 148 valence electrons. The van der Waals surface area contributed by atoms with Crippen LogP contribution in [-0.4, -0.2) is 72.7 Å². The van der Waals surface area contributed by atoms with Crippen molar-refractivity contribution >= 4 is 27.8 Å². The number of rotatable bonds is 7. The van der Waals surface area contributed by atoms with Gasteiger partial charge in [-0.3, -0.25) is 14.4 Å². The Hall–Kier alpha value is -2.46. The van der Waals surface area contributed by atoms with Crippen molar-refractivity contribution in [1.82, 2.24) is 14.5 Å². The van der Waals surface area contributed by atoms with E-state index in [1.54, 1.807) is 18.2 Å². The van der Waals surface area contributed by atoms with Crippen molar-refractivity contribution in [2.24, 2.45) is 0 Å². The number of carboxylic acids is 1. The molecule has 0 bridgehead atoms. The standard InChI is InChI=1S/C17H23N3O6S/c1-13(17(23)24)18-15(21)7-8-16(22)19-9-11-20(12-10-19)27(25,26)14-5-3-2-4-6-14/h2-6,13H,7-12H2,1H3,(H,18,21)(H,23,24)/t13-/m1/s1. The highest BCUT2D eigenvalue weighted by atomic mass is 32.2. The number of amides is 2. The molecule has 0 saturated carbocycles. The minimum Gasteiger partial charge on any atom is -0.480 e. The molecule has 1 aromatic rings. The molecular formula is C17H23N3O6S. The average molecular weight is 397 g/mol. The van der Waals surface area contributed by atoms with Gasteiger partial charge in [0.15, 0.2) is 0 Å². The number of carbonyl (C=O) groups is 3. The molecule has 1 aromatic carbocycles. The third kappa shape index (κ3) is 5.51. The minimum atomic E-state index is -3.58. The molecule has 0 unspecified atom stereocenters. The van der Waals surface area contributed by atoms with Crippen LogP contribution < -0.4 is 5.32 Å². The maximum atomic E-state index is 12.6. The second-order valence-corrected chi connectivity index (χ2v) is 8.16. The van der Waals surface area contributed by atoms with Gasteiger partial charge in [0.1, 0.15) is 6.04 Å². The van der Waals surface area contributed by atoms with E-state index in [-0.39, 0.29) is 49.8 Å². The van der Waals surface area contributed by atoms with Crippen LogP contribution in [0.2, 0.25) is 0 Å². The molecule has 0 radical (unpaired) electrons. The fourth-order valence-electron chi connectivity index (χ4n) is 2.67. The first-order chi connectivity index (χ1) is 12.7. The van der Waals surface area contributed by atoms with Crippen LogP contribution >= 0.6 is 0 Å². The summed E-state index contributed by atoms with van der Waals surface area (Å²) in [5.74, 6) is -1.92. The third-order valence-electron chi connectivity index (χ3n) is 4.29. The van der Waals surface area contributed by atoms with Crippen LogP contribution in [0.3, 0.4) is 0 Å². The van der Waals surface area contributed by atoms with Crippen molar-refractivity contribution in [3.63, 3.8) is 0 Å². The number of sulfonamides is 1. The van der Waals surface area contributed by atoms with Crippen molar-refractivity contribution in [1.29, 1.82) is 0 Å². The number of aliphatic carboxylic acids is 1. The van der Waals surface area contributed by atoms with Gasteiger partial charge < -0.3 is 15.3 Å². The van der Waals surface area contributed by atoms with E-state index in [2.05, 4.69) is 5.32 Å². The Morgan fingerprint density at radius 1 is 1.07 bits per heavy atom. The topological polar surface area (TPSA) is 124 Å². The second-order valence-electron chi connectivity index (χ2n) is 6.23. The Labute approximate surface area is 158 Å². The summed E-state index contributed by atoms with van der Waals surface area (Å²) in [5, 5.41) is 11.0. The summed E-state index contributed by atoms with van der Waals surface area (Å²) in [6.07, 6.45) is -0.164. The molecule has 2 rings (SSSR count). The first-order valence-electron chi connectivity index (χ1n) is 8.57. The maximum Gasteiger partial charge on any atom is 0.325 e. The maximum absolute atomic E-state index is 12.6. The number of nitrogens with one attached hydrogen (secondary N) is 1. The number of carbonyl (C=O) groups excluding carboxylic acids is 2. The van der Waals surface area contributed by atoms with Gasteiger partial charge in [-0.25, -0.2) is 8.42 Å². The summed E-state index contributed by atoms with van der Waals surface area (Å²) < 4.78 is 26.5. The lowest BCUT2D eigenvalue weighted by molar-refractivity contribution is -0.141. The van der Waals surface area contributed by atoms with Crippen molar-refractivity contribution < 1.29 is 27.9 Å². The number of piperazine rings is 1. The van der Waals surface area contributed by atoms with Crippen LogP contribution in [0.4, 0.5) is 0 Å². The summed E-state index contributed by atoms with van der Waals surface area (Å²) in [6.45, 7) is 2.21. The van der Waals surface area contributed by atoms with E-state index in [9.17, 15) is 22.8 Å². The predicted octanol–water partition coefficient (Wildman–Crippen LogP) is -0.111. The van der Waals surface area contributed by atoms with Crippen molar-refractivity contribution in [2.75, 3.05) is 26.2 Å². The lowest BCUT2D eigenvalue weighted by Crippen LogP contribution is -2.50. The summed E-state index contributed by atoms with van der Waals surface area (Å²) >= 11 is 0. The number of hydrogen-bond donors (Lipinski definition) is 2. The van der Waals surface area contributed by atoms with Crippen LogP contribution in [0.5, 0.6) is 0 Å². The number of benzene rings is 1. The highest BCUT2D eigenvalue weighted by Gasteiger charge is 2.30. The first-order valence-corrected chi connectivity index (χ1v) is 10.0. The Balaban J connectivity index is 1.82. The summed E-state index contributed by atoms with van der Waals surface area (Å²) in [4.78, 5) is 36.3. The van der Waals surface area contributed by atoms with Gasteiger partial charge in [-0.15, -0.1) is 0 Å². The van der Waals surface area contributed by atoms with Crippen LogP contribution in [-0.2, 0) is 24.4 Å². The lowest BCUT2D eigenvalue weighted by atomic mass is 10.2. The van der Waals surface area contributed by atoms with E-state index in [1.807, 2.05) is 0 Å². The van der Waals surface area contributed by atoms with E-state index in [1.165, 1.54) is 28.3 Å². The highest BCUT2D eigenvalue weighted by molar-refractivity contribution is 7.89. The van der Waals surface area contributed by atoms with Crippen LogP contribution in [0.25, 0.3) is 0 Å². The van der Waals surface area contributed by atoms with E-state index in [0.29, 0.717) is 0 Å². The monoisotopic (exact) mass is 397 g/mol. The molecule has 1 heterocycles. The molecule has 9 nitrogen and oxygen atoms in total. The Morgan fingerprint density at radius 3 is 2.22 bits per heavy atom. The molecule has 2 amide bonds. The van der Waals surface area contributed by atoms with E-state index in [0.717, 1.165) is 0 Å². The zero-order valence-corrected chi connectivity index (χ0v) is 15.8. The summed E-state index contributed by atoms with van der Waals surface area (Å²) in [5.41, 5.74) is 0. The van der Waals surface area contributed by atoms with Gasteiger partial charge in [0.05, 0.1) is 4.90 Å². The Morgan fingerprint density at radius 2 is 1.67 bits per heavy atom. The largest absolute Gasteiger partial charge is 0.480 e. The average Bonchev–Trinajstić information content (AvgIpc) is 2.66. The Kier molecular flexibility index (Phi) is 6.92. The zero-order valence-electron chi connectivity index (χ0n) is 15.0. The fourth-order valence-corrected chi connectivity index (χ4v) is 4.12. The van der Waals surface area contributed by atoms with Crippen molar-refractivity contribution in [2.45, 2.75) is 30.7 Å². The molecule has 0 aromatic heterocycles. The number of nitrogens with zero attached hydrogens (tertiary/aromatic N) is 2. The van der Waals surface area contributed by atoms with Gasteiger partial charge in [0.2, 0.25) is 21.8 Å². The van der Waals surface area contributed by atoms with Crippen molar-refractivity contribution in [3.05, 3.63) is 30.3 Å². The smallest absolute Gasteiger partial charge is 0.325 e. The zero-order chi connectivity index (χ0) is 20.0. The molecule has 10 heteroatoms. The second kappa shape index (κ2) is 8.96. The normalized spacial score (nSPS) is 16.6. The highest BCUT2D eigenvalue weighted by Crippen LogP contribution is 2.17. The van der Waals surface area contributed by atoms with Gasteiger partial charge in [-0.1, -0.05) is 18.2 Å². The molecule has 2 N–H and O–H groups in total. The van der Waals surface area contributed by atoms with Gasteiger partial charge in [-0.2, -0.15) is 4.31 Å². The first kappa shape index (κ1) is 20.8. The van der Waals surface area contributed by atoms with Crippen LogP contribution in [0, 0.1) is 0 Å². The van der Waals surface area contributed by atoms with E-state index < -0.39 is 27.9 Å². The molecule has 1 fully saturated rings. The molecular weight excluding hydrogens is 374 g/mol. The number of hydrogen-bond acceptors (Lipinski definition) is 5. The SMILES string of the molecule is C[C@@H](NC(=O)CCC(=O)N1CCN(S(=O)(=O)c2ccccc2)CC1)C(=O)O. The molecule has 1 atom stereocenters. The van der Waals surface area contributed by atoms with Crippen LogP contribution in [0.15, 0.2) is 35.2 Å². The van der Waals surface area contributed by atoms with E-state index in [4.69, 9.17) is 5.11 Å². The van der Waals surface area contributed by atoms with Gasteiger partial charge in [0, 0.05) is 39.0 Å². The number of carboxylic acid groups (broad SMARTS) is 1. The quantitative estimate of drug-likeness (QED) is 0.662. The van der Waals surface area contributed by atoms with Gasteiger partial charge in [0.25, 0.3) is 0 Å². The summed E-state index contributed by atoms with van der Waals surface area (Å²) in [6, 6.07) is 7.10. The minimum absolute atomic E-state index is 0.0520. The lowest BCUT2D eigenvalue weighted by Gasteiger charge is -2.34. The van der Waals surface area contributed by atoms with Gasteiger partial charge in [-0.05, 0) is 19.1 Å².